The summed E-state index contributed by atoms with van der Waals surface area (Å²) in [4.78, 5) is 10.5. The minimum atomic E-state index is -4.50. The maximum Gasteiger partial charge on any atom is 0.416 e. The lowest BCUT2D eigenvalue weighted by Crippen LogP contribution is -2.23. The summed E-state index contributed by atoms with van der Waals surface area (Å²) in [5.41, 5.74) is -0.397. The van der Waals surface area contributed by atoms with Crippen LogP contribution in [0.5, 0.6) is 11.5 Å². The van der Waals surface area contributed by atoms with Crippen LogP contribution in [0.25, 0.3) is 0 Å². The van der Waals surface area contributed by atoms with Crippen LogP contribution in [0.4, 0.5) is 18.9 Å². The summed E-state index contributed by atoms with van der Waals surface area (Å²) in [6.07, 6.45) is -4.90. The number of aliphatic carboxylic acids is 1. The third kappa shape index (κ3) is 6.47. The van der Waals surface area contributed by atoms with E-state index < -0.39 is 30.4 Å². The summed E-state index contributed by atoms with van der Waals surface area (Å²) in [5.74, 6) is -0.720. The number of ether oxygens (including phenoxy) is 2. The second-order valence-corrected chi connectivity index (χ2v) is 6.60. The van der Waals surface area contributed by atoms with Gasteiger partial charge in [-0.05, 0) is 37.3 Å². The molecule has 0 aromatic heterocycles. The summed E-state index contributed by atoms with van der Waals surface area (Å²) >= 11 is 12.0. The van der Waals surface area contributed by atoms with Crippen molar-refractivity contribution >= 4 is 34.9 Å². The van der Waals surface area contributed by atoms with Crippen LogP contribution < -0.4 is 10.1 Å². The van der Waals surface area contributed by atoms with Gasteiger partial charge in [-0.1, -0.05) is 23.2 Å². The Morgan fingerprint density at radius 2 is 1.89 bits per heavy atom. The Kier molecular flexibility index (Phi) is 7.40. The molecule has 0 radical (unpaired) electrons. The average molecular weight is 438 g/mol. The number of carboxylic acids is 1. The Morgan fingerprint density at radius 1 is 1.18 bits per heavy atom. The number of hydrogen-bond donors (Lipinski definition) is 2. The van der Waals surface area contributed by atoms with Gasteiger partial charge in [-0.25, -0.2) is 4.79 Å². The van der Waals surface area contributed by atoms with Crippen LogP contribution in [0.1, 0.15) is 12.5 Å². The Labute approximate surface area is 169 Å². The lowest BCUT2D eigenvalue weighted by molar-refractivity contribution is -0.143. The minimum absolute atomic E-state index is 0.0566. The maximum absolute atomic E-state index is 12.7. The fourth-order valence-electron chi connectivity index (χ4n) is 2.12. The fraction of sp³-hybridized carbons (Fsp3) is 0.278. The van der Waals surface area contributed by atoms with Gasteiger partial charge in [-0.2, -0.15) is 13.2 Å². The maximum atomic E-state index is 12.7. The minimum Gasteiger partial charge on any atom is -0.480 e. The third-order valence-corrected chi connectivity index (χ3v) is 4.12. The van der Waals surface area contributed by atoms with Gasteiger partial charge in [-0.15, -0.1) is 0 Å². The molecule has 0 aliphatic rings. The van der Waals surface area contributed by atoms with Gasteiger partial charge < -0.3 is 19.9 Å². The molecule has 0 fully saturated rings. The Bertz CT molecular complexity index is 846. The van der Waals surface area contributed by atoms with Gasteiger partial charge in [0.25, 0.3) is 0 Å². The first kappa shape index (κ1) is 22.1. The summed E-state index contributed by atoms with van der Waals surface area (Å²) in [7, 11) is 0. The molecule has 10 heteroatoms. The van der Waals surface area contributed by atoms with Gasteiger partial charge in [-0.3, -0.25) is 0 Å². The Morgan fingerprint density at radius 3 is 2.50 bits per heavy atom. The summed E-state index contributed by atoms with van der Waals surface area (Å²) in [6, 6.07) is 7.41. The summed E-state index contributed by atoms with van der Waals surface area (Å²) in [6.45, 7) is 1.54. The standard InChI is InChI=1S/C18H16Cl2F3NO4/c1-10(27-9-17(25)26)8-24-15-7-12(3-4-13(15)19)28-16-5-2-11(6-14(16)20)18(21,22)23/h2-7,10,24H,8-9H2,1H3,(H,25,26). The number of rotatable bonds is 8. The van der Waals surface area contributed by atoms with E-state index in [2.05, 4.69) is 5.32 Å². The summed E-state index contributed by atoms with van der Waals surface area (Å²) < 4.78 is 48.8. The van der Waals surface area contributed by atoms with Gasteiger partial charge in [0, 0.05) is 12.6 Å². The second-order valence-electron chi connectivity index (χ2n) is 5.78. The predicted octanol–water partition coefficient (Wildman–Crippen LogP) is 5.71. The molecule has 0 aliphatic heterocycles. The van der Waals surface area contributed by atoms with Crippen LogP contribution in [0.3, 0.4) is 0 Å². The van der Waals surface area contributed by atoms with E-state index in [0.717, 1.165) is 18.2 Å². The largest absolute Gasteiger partial charge is 0.480 e. The van der Waals surface area contributed by atoms with E-state index >= 15 is 0 Å². The molecule has 1 unspecified atom stereocenters. The Hall–Kier alpha value is -2.16. The number of nitrogens with one attached hydrogen (secondary N) is 1. The molecule has 0 bridgehead atoms. The molecule has 2 rings (SSSR count). The van der Waals surface area contributed by atoms with Gasteiger partial charge in [0.1, 0.15) is 18.1 Å². The molecule has 1 atom stereocenters. The van der Waals surface area contributed by atoms with Gasteiger partial charge in [0.2, 0.25) is 0 Å². The number of carboxylic acid groups (broad SMARTS) is 1. The second kappa shape index (κ2) is 9.36. The van der Waals surface area contributed by atoms with Gasteiger partial charge >= 0.3 is 12.1 Å². The van der Waals surface area contributed by atoms with Crippen molar-refractivity contribution in [3.63, 3.8) is 0 Å². The van der Waals surface area contributed by atoms with Crippen LogP contribution in [0.2, 0.25) is 10.0 Å². The normalized spacial score (nSPS) is 12.5. The first-order valence-electron chi connectivity index (χ1n) is 7.97. The molecular weight excluding hydrogens is 422 g/mol. The van der Waals surface area contributed by atoms with E-state index in [4.69, 9.17) is 37.8 Å². The average Bonchev–Trinajstić information content (AvgIpc) is 2.61. The van der Waals surface area contributed by atoms with Crippen molar-refractivity contribution in [2.75, 3.05) is 18.5 Å². The zero-order valence-corrected chi connectivity index (χ0v) is 16.0. The van der Waals surface area contributed by atoms with Crippen molar-refractivity contribution < 1.29 is 32.5 Å². The number of alkyl halides is 3. The molecule has 2 aromatic rings. The monoisotopic (exact) mass is 437 g/mol. The SMILES string of the molecule is CC(CNc1cc(Oc2ccc(C(F)(F)F)cc2Cl)ccc1Cl)OCC(=O)O. The molecule has 2 aromatic carbocycles. The van der Waals surface area contributed by atoms with E-state index in [0.29, 0.717) is 16.5 Å². The molecule has 28 heavy (non-hydrogen) atoms. The van der Waals surface area contributed by atoms with E-state index in [1.165, 1.54) is 6.07 Å². The lowest BCUT2D eigenvalue weighted by Gasteiger charge is -2.16. The van der Waals surface area contributed by atoms with Crippen molar-refractivity contribution in [3.8, 4) is 11.5 Å². The van der Waals surface area contributed by atoms with Crippen LogP contribution in [0, 0.1) is 0 Å². The highest BCUT2D eigenvalue weighted by atomic mass is 35.5. The first-order valence-corrected chi connectivity index (χ1v) is 8.73. The number of hydrogen-bond acceptors (Lipinski definition) is 4. The van der Waals surface area contributed by atoms with Crippen molar-refractivity contribution in [1.29, 1.82) is 0 Å². The topological polar surface area (TPSA) is 67.8 Å². The quantitative estimate of drug-likeness (QED) is 0.553. The smallest absolute Gasteiger partial charge is 0.416 e. The predicted molar refractivity (Wildman–Crippen MR) is 99.5 cm³/mol. The zero-order valence-electron chi connectivity index (χ0n) is 14.5. The Balaban J connectivity index is 2.07. The van der Waals surface area contributed by atoms with Crippen molar-refractivity contribution in [2.45, 2.75) is 19.2 Å². The van der Waals surface area contributed by atoms with Crippen molar-refractivity contribution in [3.05, 3.63) is 52.0 Å². The molecule has 0 saturated carbocycles. The molecule has 0 saturated heterocycles. The molecule has 0 amide bonds. The molecule has 2 N–H and O–H groups in total. The highest BCUT2D eigenvalue weighted by Crippen LogP contribution is 2.37. The molecule has 5 nitrogen and oxygen atoms in total. The molecule has 152 valence electrons. The van der Waals surface area contributed by atoms with E-state index in [-0.39, 0.29) is 17.3 Å². The van der Waals surface area contributed by atoms with E-state index in [1.54, 1.807) is 19.1 Å². The number of halogens is 5. The number of benzene rings is 2. The van der Waals surface area contributed by atoms with Crippen LogP contribution >= 0.6 is 23.2 Å². The number of anilines is 1. The summed E-state index contributed by atoms with van der Waals surface area (Å²) in [5, 5.41) is 11.8. The van der Waals surface area contributed by atoms with Crippen LogP contribution in [-0.2, 0) is 15.7 Å². The highest BCUT2D eigenvalue weighted by Gasteiger charge is 2.31. The van der Waals surface area contributed by atoms with Crippen LogP contribution in [0.15, 0.2) is 36.4 Å². The third-order valence-electron chi connectivity index (χ3n) is 3.50. The fourth-order valence-corrected chi connectivity index (χ4v) is 2.52. The van der Waals surface area contributed by atoms with Gasteiger partial charge in [0.05, 0.1) is 27.4 Å². The van der Waals surface area contributed by atoms with E-state index in [9.17, 15) is 18.0 Å². The number of carbonyl (C=O) groups is 1. The zero-order chi connectivity index (χ0) is 20.9. The lowest BCUT2D eigenvalue weighted by atomic mass is 10.2. The molecule has 0 aliphatic carbocycles. The molecular formula is C18H16Cl2F3NO4. The van der Waals surface area contributed by atoms with Crippen molar-refractivity contribution in [1.82, 2.24) is 0 Å². The molecule has 0 spiro atoms. The first-order chi connectivity index (χ1) is 13.1. The highest BCUT2D eigenvalue weighted by molar-refractivity contribution is 6.33. The molecule has 0 heterocycles. The van der Waals surface area contributed by atoms with E-state index in [1.807, 2.05) is 0 Å². The van der Waals surface area contributed by atoms with Gasteiger partial charge in [0.15, 0.2) is 0 Å². The van der Waals surface area contributed by atoms with Crippen molar-refractivity contribution in [2.24, 2.45) is 0 Å². The van der Waals surface area contributed by atoms with Crippen LogP contribution in [-0.4, -0.2) is 30.3 Å².